The minimum Gasteiger partial charge on any atom is -0.465 e. The van der Waals surface area contributed by atoms with Crippen molar-refractivity contribution in [1.82, 2.24) is 5.32 Å². The van der Waals surface area contributed by atoms with Gasteiger partial charge in [-0.25, -0.2) is 4.79 Å². The van der Waals surface area contributed by atoms with Crippen LogP contribution in [0, 0.1) is 11.3 Å². The maximum Gasteiger partial charge on any atom is 0.351 e. The first-order valence-electron chi connectivity index (χ1n) is 3.82. The standard InChI is InChI=1S/C9H12N2O2S/c1-4-5-11-8(14-3)7(6-10)9(12)13-2/h4,11H,1,5H2,2-3H3. The SMILES string of the molecule is C=CCNC(SC)=C(C#N)C(=O)OC. The lowest BCUT2D eigenvalue weighted by atomic mass is 10.3. The van der Waals surface area contributed by atoms with E-state index in [-0.39, 0.29) is 5.57 Å². The lowest BCUT2D eigenvalue weighted by molar-refractivity contribution is -0.135. The molecule has 14 heavy (non-hydrogen) atoms. The summed E-state index contributed by atoms with van der Waals surface area (Å²) in [6.07, 6.45) is 3.41. The predicted octanol–water partition coefficient (Wildman–Crippen LogP) is 1.03. The summed E-state index contributed by atoms with van der Waals surface area (Å²) in [5.41, 5.74) is -0.0122. The van der Waals surface area contributed by atoms with Crippen LogP contribution in [0.1, 0.15) is 0 Å². The van der Waals surface area contributed by atoms with E-state index in [1.54, 1.807) is 18.4 Å². The van der Waals surface area contributed by atoms with Crippen molar-refractivity contribution in [2.24, 2.45) is 0 Å². The highest BCUT2D eigenvalue weighted by molar-refractivity contribution is 8.02. The molecule has 0 heterocycles. The number of methoxy groups -OCH3 is 1. The summed E-state index contributed by atoms with van der Waals surface area (Å²) in [6.45, 7) is 4.02. The molecule has 0 aliphatic heterocycles. The molecule has 0 amide bonds. The Kier molecular flexibility index (Phi) is 6.33. The molecule has 0 atom stereocenters. The van der Waals surface area contributed by atoms with Crippen molar-refractivity contribution < 1.29 is 9.53 Å². The minimum absolute atomic E-state index is 0.0122. The fourth-order valence-corrected chi connectivity index (χ4v) is 1.28. The van der Waals surface area contributed by atoms with Crippen LogP contribution in [0.2, 0.25) is 0 Å². The minimum atomic E-state index is -0.631. The topological polar surface area (TPSA) is 62.1 Å². The Morgan fingerprint density at radius 2 is 2.43 bits per heavy atom. The molecular weight excluding hydrogens is 200 g/mol. The Labute approximate surface area is 87.6 Å². The number of ether oxygens (including phenoxy) is 1. The van der Waals surface area contributed by atoms with Crippen LogP contribution in [0.25, 0.3) is 0 Å². The number of nitrogens with one attached hydrogen (secondary N) is 1. The van der Waals surface area contributed by atoms with Crippen molar-refractivity contribution in [3.63, 3.8) is 0 Å². The number of rotatable bonds is 5. The van der Waals surface area contributed by atoms with Crippen LogP contribution >= 0.6 is 11.8 Å². The van der Waals surface area contributed by atoms with Gasteiger partial charge in [0.1, 0.15) is 6.07 Å². The summed E-state index contributed by atoms with van der Waals surface area (Å²) in [6, 6.07) is 1.80. The van der Waals surface area contributed by atoms with E-state index in [1.165, 1.54) is 18.9 Å². The average molecular weight is 212 g/mol. The highest BCUT2D eigenvalue weighted by Gasteiger charge is 2.14. The molecule has 5 heteroatoms. The number of thioether (sulfide) groups is 1. The van der Waals surface area contributed by atoms with Gasteiger partial charge in [0.2, 0.25) is 0 Å². The molecule has 4 nitrogen and oxygen atoms in total. The molecule has 0 spiro atoms. The first-order chi connectivity index (χ1) is 6.71. The molecule has 0 bridgehead atoms. The molecule has 76 valence electrons. The normalized spacial score (nSPS) is 10.9. The molecule has 0 rings (SSSR count). The molecule has 0 radical (unpaired) electrons. The number of hydrogen-bond donors (Lipinski definition) is 1. The van der Waals surface area contributed by atoms with Gasteiger partial charge < -0.3 is 10.1 Å². The van der Waals surface area contributed by atoms with Gasteiger partial charge in [-0.1, -0.05) is 6.08 Å². The van der Waals surface area contributed by atoms with Gasteiger partial charge in [-0.05, 0) is 6.26 Å². The van der Waals surface area contributed by atoms with Gasteiger partial charge in [0.25, 0.3) is 0 Å². The Morgan fingerprint density at radius 1 is 1.79 bits per heavy atom. The summed E-state index contributed by atoms with van der Waals surface area (Å²) < 4.78 is 4.47. The number of nitrogens with zero attached hydrogens (tertiary/aromatic N) is 1. The summed E-state index contributed by atoms with van der Waals surface area (Å²) in [5, 5.41) is 12.1. The fraction of sp³-hybridized carbons (Fsp3) is 0.333. The average Bonchev–Trinajstić information content (AvgIpc) is 2.23. The van der Waals surface area contributed by atoms with Gasteiger partial charge in [-0.15, -0.1) is 18.3 Å². The second-order valence-electron chi connectivity index (χ2n) is 2.18. The Hall–Kier alpha value is -1.41. The van der Waals surface area contributed by atoms with Crippen LogP contribution in [0.15, 0.2) is 23.3 Å². The molecule has 0 fully saturated rings. The molecule has 0 aromatic carbocycles. The summed E-state index contributed by atoms with van der Waals surface area (Å²) in [7, 11) is 1.24. The first kappa shape index (κ1) is 12.6. The highest BCUT2D eigenvalue weighted by Crippen LogP contribution is 2.14. The largest absolute Gasteiger partial charge is 0.465 e. The monoisotopic (exact) mass is 212 g/mol. The first-order valence-corrected chi connectivity index (χ1v) is 5.05. The smallest absolute Gasteiger partial charge is 0.351 e. The van der Waals surface area contributed by atoms with Gasteiger partial charge in [0.15, 0.2) is 5.57 Å². The van der Waals surface area contributed by atoms with Gasteiger partial charge >= 0.3 is 5.97 Å². The van der Waals surface area contributed by atoms with E-state index in [2.05, 4.69) is 16.6 Å². The Morgan fingerprint density at radius 3 is 2.79 bits per heavy atom. The molecule has 1 N–H and O–H groups in total. The number of esters is 1. The zero-order valence-corrected chi connectivity index (χ0v) is 8.98. The van der Waals surface area contributed by atoms with Crippen molar-refractivity contribution in [3.8, 4) is 6.07 Å². The molecule has 0 saturated carbocycles. The third-order valence-corrected chi connectivity index (χ3v) is 2.10. The van der Waals surface area contributed by atoms with Crippen LogP contribution in [0.5, 0.6) is 0 Å². The van der Waals surface area contributed by atoms with E-state index in [1.807, 2.05) is 0 Å². The quantitative estimate of drug-likeness (QED) is 0.319. The Bertz CT molecular complexity index is 292. The number of carbonyl (C=O) groups excluding carboxylic acids is 1. The van der Waals surface area contributed by atoms with Crippen LogP contribution in [0.3, 0.4) is 0 Å². The van der Waals surface area contributed by atoms with Crippen LogP contribution < -0.4 is 5.32 Å². The predicted molar refractivity (Wildman–Crippen MR) is 56.4 cm³/mol. The van der Waals surface area contributed by atoms with Crippen molar-refractivity contribution >= 4 is 17.7 Å². The lowest BCUT2D eigenvalue weighted by Gasteiger charge is -2.07. The van der Waals surface area contributed by atoms with Crippen LogP contribution in [-0.2, 0) is 9.53 Å². The summed E-state index contributed by atoms with van der Waals surface area (Å²) in [4.78, 5) is 11.1. The molecule has 0 saturated heterocycles. The number of hydrogen-bond acceptors (Lipinski definition) is 5. The van der Waals surface area contributed by atoms with E-state index in [4.69, 9.17) is 5.26 Å². The number of nitriles is 1. The molecule has 0 unspecified atom stereocenters. The van der Waals surface area contributed by atoms with E-state index in [0.29, 0.717) is 11.6 Å². The van der Waals surface area contributed by atoms with Crippen molar-refractivity contribution in [1.29, 1.82) is 5.26 Å². The van der Waals surface area contributed by atoms with Gasteiger partial charge in [-0.2, -0.15) is 5.26 Å². The fourth-order valence-electron chi connectivity index (χ4n) is 0.719. The Balaban J connectivity index is 4.83. The third-order valence-electron chi connectivity index (χ3n) is 1.34. The van der Waals surface area contributed by atoms with E-state index in [0.717, 1.165) is 0 Å². The van der Waals surface area contributed by atoms with E-state index in [9.17, 15) is 4.79 Å². The van der Waals surface area contributed by atoms with Gasteiger partial charge in [0.05, 0.1) is 12.1 Å². The maximum atomic E-state index is 11.1. The zero-order chi connectivity index (χ0) is 11.0. The van der Waals surface area contributed by atoms with Crippen LogP contribution in [-0.4, -0.2) is 25.9 Å². The number of carbonyl (C=O) groups is 1. The van der Waals surface area contributed by atoms with Gasteiger partial charge in [0, 0.05) is 6.54 Å². The van der Waals surface area contributed by atoms with Crippen LogP contribution in [0.4, 0.5) is 0 Å². The highest BCUT2D eigenvalue weighted by atomic mass is 32.2. The molecular formula is C9H12N2O2S. The molecule has 0 aromatic rings. The van der Waals surface area contributed by atoms with Crippen molar-refractivity contribution in [3.05, 3.63) is 23.3 Å². The molecule has 0 aliphatic carbocycles. The third kappa shape index (κ3) is 3.54. The maximum absolute atomic E-state index is 11.1. The van der Waals surface area contributed by atoms with Crippen molar-refractivity contribution in [2.45, 2.75) is 0 Å². The lowest BCUT2D eigenvalue weighted by Crippen LogP contribution is -2.16. The van der Waals surface area contributed by atoms with E-state index >= 15 is 0 Å². The second-order valence-corrected chi connectivity index (χ2v) is 3.00. The summed E-state index contributed by atoms with van der Waals surface area (Å²) >= 11 is 1.28. The molecule has 0 aromatic heterocycles. The van der Waals surface area contributed by atoms with Crippen molar-refractivity contribution in [2.75, 3.05) is 19.9 Å². The summed E-state index contributed by atoms with van der Waals surface area (Å²) in [5.74, 6) is -0.631. The van der Waals surface area contributed by atoms with E-state index < -0.39 is 5.97 Å². The van der Waals surface area contributed by atoms with Gasteiger partial charge in [-0.3, -0.25) is 0 Å². The molecule has 0 aliphatic rings. The second kappa shape index (κ2) is 7.04. The zero-order valence-electron chi connectivity index (χ0n) is 8.16.